The van der Waals surface area contributed by atoms with Crippen molar-refractivity contribution in [1.82, 2.24) is 14.5 Å². The molecule has 11 rings (SSSR count). The fourth-order valence-corrected chi connectivity index (χ4v) is 7.97. The Labute approximate surface area is 300 Å². The standard InChI is InChI=1S/C46H27N3O.C2H6/c1-2-13-30(14-3-1)44-35-17-8-9-20-38(35)47-46(48-44)49-39-24-21-28-11-4-6-15-32(28)42(39)36-19-10-18-34(45(36)49)31-23-25-40-37(27-31)43-33-16-7-5-12-29(33)22-26-41(43)50-40;1-2/h1-27H;1-2H3. The van der Waals surface area contributed by atoms with Gasteiger partial charge >= 0.3 is 0 Å². The molecule has 0 bridgehead atoms. The van der Waals surface area contributed by atoms with Crippen molar-refractivity contribution in [3.63, 3.8) is 0 Å². The smallest absolute Gasteiger partial charge is 0.235 e. The van der Waals surface area contributed by atoms with Gasteiger partial charge in [0.2, 0.25) is 5.95 Å². The molecule has 8 aromatic carbocycles. The van der Waals surface area contributed by atoms with Crippen LogP contribution in [0.2, 0.25) is 0 Å². The first kappa shape index (κ1) is 30.1. The summed E-state index contributed by atoms with van der Waals surface area (Å²) < 4.78 is 8.68. The lowest BCUT2D eigenvalue weighted by Crippen LogP contribution is -2.04. The molecule has 52 heavy (non-hydrogen) atoms. The molecule has 0 unspecified atom stereocenters. The van der Waals surface area contributed by atoms with Crippen LogP contribution in [-0.4, -0.2) is 14.5 Å². The molecule has 4 heteroatoms. The van der Waals surface area contributed by atoms with Gasteiger partial charge in [0.1, 0.15) is 11.2 Å². The van der Waals surface area contributed by atoms with Crippen LogP contribution in [0.15, 0.2) is 168 Å². The molecule has 0 aliphatic rings. The first-order valence-electron chi connectivity index (χ1n) is 17.9. The molecule has 0 aliphatic carbocycles. The average Bonchev–Trinajstić information content (AvgIpc) is 3.77. The SMILES string of the molecule is CC.c1ccc(-c2nc(-n3c4ccc5ccccc5c4c4cccc(-c5ccc6oc7ccc8ccccc8c7c6c5)c43)nc3ccccc23)cc1. The molecule has 0 fully saturated rings. The average molecular weight is 668 g/mol. The Bertz CT molecular complexity index is 3150. The number of fused-ring (bicyclic) bond motifs is 11. The van der Waals surface area contributed by atoms with Gasteiger partial charge in [-0.25, -0.2) is 9.97 Å². The Hall–Kier alpha value is -6.78. The van der Waals surface area contributed by atoms with E-state index in [1.165, 1.54) is 26.9 Å². The van der Waals surface area contributed by atoms with Crippen molar-refractivity contribution in [2.24, 2.45) is 0 Å². The normalized spacial score (nSPS) is 11.7. The molecule has 0 radical (unpaired) electrons. The van der Waals surface area contributed by atoms with Crippen LogP contribution in [0.1, 0.15) is 13.8 Å². The highest BCUT2D eigenvalue weighted by Crippen LogP contribution is 2.43. The van der Waals surface area contributed by atoms with Crippen LogP contribution in [0.5, 0.6) is 0 Å². The molecule has 246 valence electrons. The molecular weight excluding hydrogens is 635 g/mol. The zero-order valence-corrected chi connectivity index (χ0v) is 28.8. The van der Waals surface area contributed by atoms with E-state index in [9.17, 15) is 0 Å². The van der Waals surface area contributed by atoms with E-state index in [1.807, 2.05) is 26.0 Å². The molecule has 0 amide bonds. The second kappa shape index (κ2) is 11.9. The third-order valence-electron chi connectivity index (χ3n) is 10.2. The van der Waals surface area contributed by atoms with E-state index in [-0.39, 0.29) is 0 Å². The fraction of sp³-hybridized carbons (Fsp3) is 0.0417. The summed E-state index contributed by atoms with van der Waals surface area (Å²) in [4.78, 5) is 10.7. The predicted octanol–water partition coefficient (Wildman–Crippen LogP) is 13.3. The lowest BCUT2D eigenvalue weighted by atomic mass is 9.97. The minimum Gasteiger partial charge on any atom is -0.456 e. The Morgan fingerprint density at radius 3 is 1.92 bits per heavy atom. The van der Waals surface area contributed by atoms with Gasteiger partial charge < -0.3 is 4.42 Å². The Morgan fingerprint density at radius 2 is 1.12 bits per heavy atom. The van der Waals surface area contributed by atoms with Crippen LogP contribution >= 0.6 is 0 Å². The van der Waals surface area contributed by atoms with Gasteiger partial charge in [0.15, 0.2) is 0 Å². The van der Waals surface area contributed by atoms with E-state index in [0.29, 0.717) is 5.95 Å². The number of hydrogen-bond donors (Lipinski definition) is 0. The zero-order chi connectivity index (χ0) is 34.8. The molecule has 0 aliphatic heterocycles. The van der Waals surface area contributed by atoms with Crippen molar-refractivity contribution in [3.8, 4) is 28.3 Å². The summed E-state index contributed by atoms with van der Waals surface area (Å²) in [5, 5.41) is 10.4. The lowest BCUT2D eigenvalue weighted by Gasteiger charge is -2.13. The Balaban J connectivity index is 0.00000166. The summed E-state index contributed by atoms with van der Waals surface area (Å²) in [6, 6.07) is 57.8. The topological polar surface area (TPSA) is 43.9 Å². The molecule has 0 saturated heterocycles. The van der Waals surface area contributed by atoms with Crippen LogP contribution in [0.25, 0.3) is 105 Å². The van der Waals surface area contributed by atoms with Crippen LogP contribution in [0.4, 0.5) is 0 Å². The van der Waals surface area contributed by atoms with Crippen molar-refractivity contribution in [2.75, 3.05) is 0 Å². The molecule has 0 N–H and O–H groups in total. The van der Waals surface area contributed by atoms with Crippen LogP contribution in [-0.2, 0) is 0 Å². The molecule has 3 aromatic heterocycles. The largest absolute Gasteiger partial charge is 0.456 e. The van der Waals surface area contributed by atoms with Crippen molar-refractivity contribution in [2.45, 2.75) is 13.8 Å². The van der Waals surface area contributed by atoms with Crippen molar-refractivity contribution < 1.29 is 4.42 Å². The van der Waals surface area contributed by atoms with Gasteiger partial charge in [0, 0.05) is 38.1 Å². The van der Waals surface area contributed by atoms with E-state index < -0.39 is 0 Å². The summed E-state index contributed by atoms with van der Waals surface area (Å²) in [6.45, 7) is 4.00. The van der Waals surface area contributed by atoms with Gasteiger partial charge in [-0.3, -0.25) is 4.57 Å². The lowest BCUT2D eigenvalue weighted by molar-refractivity contribution is 0.669. The number of benzene rings is 8. The van der Waals surface area contributed by atoms with E-state index in [4.69, 9.17) is 14.4 Å². The van der Waals surface area contributed by atoms with Gasteiger partial charge in [-0.05, 0) is 57.4 Å². The van der Waals surface area contributed by atoms with Gasteiger partial charge in [-0.2, -0.15) is 0 Å². The van der Waals surface area contributed by atoms with E-state index in [2.05, 4.69) is 156 Å². The van der Waals surface area contributed by atoms with E-state index >= 15 is 0 Å². The summed E-state index contributed by atoms with van der Waals surface area (Å²) in [6.07, 6.45) is 0. The minimum absolute atomic E-state index is 0.645. The summed E-state index contributed by atoms with van der Waals surface area (Å²) >= 11 is 0. The number of hydrogen-bond acceptors (Lipinski definition) is 3. The minimum atomic E-state index is 0.645. The monoisotopic (exact) mass is 667 g/mol. The maximum Gasteiger partial charge on any atom is 0.235 e. The van der Waals surface area contributed by atoms with Crippen molar-refractivity contribution in [3.05, 3.63) is 164 Å². The second-order valence-electron chi connectivity index (χ2n) is 12.9. The third-order valence-corrected chi connectivity index (χ3v) is 10.2. The molecule has 0 atom stereocenters. The quantitative estimate of drug-likeness (QED) is 0.188. The highest BCUT2D eigenvalue weighted by Gasteiger charge is 2.22. The van der Waals surface area contributed by atoms with Gasteiger partial charge in [-0.1, -0.05) is 147 Å². The van der Waals surface area contributed by atoms with Gasteiger partial charge in [0.25, 0.3) is 0 Å². The van der Waals surface area contributed by atoms with Crippen LogP contribution < -0.4 is 0 Å². The first-order valence-corrected chi connectivity index (χ1v) is 17.9. The number of rotatable bonds is 3. The second-order valence-corrected chi connectivity index (χ2v) is 12.9. The Kier molecular flexibility index (Phi) is 6.90. The van der Waals surface area contributed by atoms with Crippen molar-refractivity contribution >= 4 is 76.2 Å². The highest BCUT2D eigenvalue weighted by atomic mass is 16.3. The fourth-order valence-electron chi connectivity index (χ4n) is 7.97. The number of furan rings is 1. The molecule has 3 heterocycles. The van der Waals surface area contributed by atoms with Gasteiger partial charge in [-0.15, -0.1) is 0 Å². The Morgan fingerprint density at radius 1 is 0.462 bits per heavy atom. The van der Waals surface area contributed by atoms with Crippen LogP contribution in [0, 0.1) is 0 Å². The summed E-state index contributed by atoms with van der Waals surface area (Å²) in [5.74, 6) is 0.645. The number of nitrogens with zero attached hydrogens (tertiary/aromatic N) is 3. The molecule has 0 saturated carbocycles. The zero-order valence-electron chi connectivity index (χ0n) is 28.8. The predicted molar refractivity (Wildman–Crippen MR) is 218 cm³/mol. The third kappa shape index (κ3) is 4.47. The van der Waals surface area contributed by atoms with E-state index in [0.717, 1.165) is 71.6 Å². The summed E-state index contributed by atoms with van der Waals surface area (Å²) in [7, 11) is 0. The van der Waals surface area contributed by atoms with E-state index in [1.54, 1.807) is 0 Å². The van der Waals surface area contributed by atoms with Crippen LogP contribution in [0.3, 0.4) is 0 Å². The maximum atomic E-state index is 6.40. The number of aromatic nitrogens is 3. The molecule has 0 spiro atoms. The molecule has 11 aromatic rings. The maximum absolute atomic E-state index is 6.40. The highest BCUT2D eigenvalue weighted by molar-refractivity contribution is 6.24. The summed E-state index contributed by atoms with van der Waals surface area (Å²) in [5.41, 5.74) is 9.01. The first-order chi connectivity index (χ1) is 25.8. The van der Waals surface area contributed by atoms with Gasteiger partial charge in [0.05, 0.1) is 22.2 Å². The molecule has 4 nitrogen and oxygen atoms in total. The van der Waals surface area contributed by atoms with Crippen molar-refractivity contribution in [1.29, 1.82) is 0 Å². The molecular formula is C48H33N3O. The number of para-hydroxylation sites is 2.